The summed E-state index contributed by atoms with van der Waals surface area (Å²) in [6.45, 7) is 5.76. The van der Waals surface area contributed by atoms with Crippen LogP contribution in [0.4, 0.5) is 4.79 Å². The van der Waals surface area contributed by atoms with Crippen molar-refractivity contribution in [2.75, 3.05) is 20.8 Å². The fraction of sp³-hybridized carbons (Fsp3) is 0.833. The average molecular weight is 259 g/mol. The highest BCUT2D eigenvalue weighted by molar-refractivity contribution is 5.83. The largest absolute Gasteiger partial charge is 0.467 e. The number of hydrogen-bond acceptors (Lipinski definition) is 5. The van der Waals surface area contributed by atoms with Crippen LogP contribution in [0.1, 0.15) is 27.2 Å². The molecule has 1 saturated heterocycles. The SMILES string of the molecule is COC(=O)[C@@H]1C(OC)CCN1C(=O)OC(C)(C)C. The number of amides is 1. The molecule has 0 spiro atoms. The highest BCUT2D eigenvalue weighted by atomic mass is 16.6. The van der Waals surface area contributed by atoms with Gasteiger partial charge in [0.1, 0.15) is 5.60 Å². The van der Waals surface area contributed by atoms with Crippen LogP contribution >= 0.6 is 0 Å². The molecule has 0 aliphatic carbocycles. The molecule has 0 aromatic carbocycles. The fourth-order valence-electron chi connectivity index (χ4n) is 1.94. The van der Waals surface area contributed by atoms with E-state index in [9.17, 15) is 9.59 Å². The van der Waals surface area contributed by atoms with E-state index >= 15 is 0 Å². The van der Waals surface area contributed by atoms with Gasteiger partial charge < -0.3 is 14.2 Å². The summed E-state index contributed by atoms with van der Waals surface area (Å²) in [7, 11) is 2.81. The van der Waals surface area contributed by atoms with Crippen LogP contribution in [-0.2, 0) is 19.0 Å². The maximum Gasteiger partial charge on any atom is 0.411 e. The van der Waals surface area contributed by atoms with E-state index < -0.39 is 23.7 Å². The molecule has 0 aromatic heterocycles. The van der Waals surface area contributed by atoms with Gasteiger partial charge in [-0.3, -0.25) is 4.90 Å². The first-order valence-corrected chi connectivity index (χ1v) is 5.90. The molecule has 18 heavy (non-hydrogen) atoms. The van der Waals surface area contributed by atoms with Crippen LogP contribution < -0.4 is 0 Å². The van der Waals surface area contributed by atoms with Crippen molar-refractivity contribution in [2.45, 2.75) is 44.9 Å². The molecule has 1 unspecified atom stereocenters. The Morgan fingerprint density at radius 3 is 2.28 bits per heavy atom. The van der Waals surface area contributed by atoms with Gasteiger partial charge in [-0.15, -0.1) is 0 Å². The topological polar surface area (TPSA) is 65.1 Å². The van der Waals surface area contributed by atoms with Crippen molar-refractivity contribution in [2.24, 2.45) is 0 Å². The Morgan fingerprint density at radius 1 is 1.22 bits per heavy atom. The molecule has 2 atom stereocenters. The third-order valence-corrected chi connectivity index (χ3v) is 2.72. The molecule has 6 heteroatoms. The molecule has 104 valence electrons. The molecule has 1 fully saturated rings. The number of carbonyl (C=O) groups is 2. The number of likely N-dealkylation sites (tertiary alicyclic amines) is 1. The lowest BCUT2D eigenvalue weighted by molar-refractivity contribution is -0.149. The highest BCUT2D eigenvalue weighted by Gasteiger charge is 2.44. The second-order valence-electron chi connectivity index (χ2n) is 5.20. The van der Waals surface area contributed by atoms with E-state index in [1.54, 1.807) is 20.8 Å². The molecular weight excluding hydrogens is 238 g/mol. The van der Waals surface area contributed by atoms with Crippen LogP contribution in [0.5, 0.6) is 0 Å². The molecule has 1 heterocycles. The Bertz CT molecular complexity index is 323. The second kappa shape index (κ2) is 5.56. The van der Waals surface area contributed by atoms with Gasteiger partial charge in [-0.2, -0.15) is 0 Å². The highest BCUT2D eigenvalue weighted by Crippen LogP contribution is 2.24. The van der Waals surface area contributed by atoms with E-state index in [-0.39, 0.29) is 6.10 Å². The zero-order valence-electron chi connectivity index (χ0n) is 11.6. The Labute approximate surface area is 107 Å². The number of ether oxygens (including phenoxy) is 3. The zero-order chi connectivity index (χ0) is 13.9. The summed E-state index contributed by atoms with van der Waals surface area (Å²) in [6.07, 6.45) is -0.266. The molecular formula is C12H21NO5. The van der Waals surface area contributed by atoms with Crippen molar-refractivity contribution >= 4 is 12.1 Å². The van der Waals surface area contributed by atoms with Gasteiger partial charge >= 0.3 is 12.1 Å². The van der Waals surface area contributed by atoms with Crippen molar-refractivity contribution in [3.8, 4) is 0 Å². The number of hydrogen-bond donors (Lipinski definition) is 0. The number of carbonyl (C=O) groups excluding carboxylic acids is 2. The quantitative estimate of drug-likeness (QED) is 0.697. The molecule has 0 bridgehead atoms. The lowest BCUT2D eigenvalue weighted by atomic mass is 10.1. The smallest absolute Gasteiger partial charge is 0.411 e. The molecule has 0 N–H and O–H groups in total. The molecule has 0 aromatic rings. The van der Waals surface area contributed by atoms with Gasteiger partial charge in [0.2, 0.25) is 0 Å². The zero-order valence-corrected chi connectivity index (χ0v) is 11.6. The molecule has 1 rings (SSSR count). The molecule has 6 nitrogen and oxygen atoms in total. The number of esters is 1. The van der Waals surface area contributed by atoms with Crippen molar-refractivity contribution in [3.63, 3.8) is 0 Å². The van der Waals surface area contributed by atoms with Crippen molar-refractivity contribution in [3.05, 3.63) is 0 Å². The Morgan fingerprint density at radius 2 is 1.83 bits per heavy atom. The van der Waals surface area contributed by atoms with Crippen LogP contribution in [0.15, 0.2) is 0 Å². The van der Waals surface area contributed by atoms with Gasteiger partial charge in [-0.25, -0.2) is 9.59 Å². The van der Waals surface area contributed by atoms with Crippen LogP contribution in [0, 0.1) is 0 Å². The Balaban J connectivity index is 2.81. The van der Waals surface area contributed by atoms with Crippen LogP contribution in [0.3, 0.4) is 0 Å². The van der Waals surface area contributed by atoms with Gasteiger partial charge in [0.05, 0.1) is 13.2 Å². The van der Waals surface area contributed by atoms with Gasteiger partial charge in [0.15, 0.2) is 6.04 Å². The molecule has 1 aliphatic heterocycles. The van der Waals surface area contributed by atoms with Gasteiger partial charge in [-0.1, -0.05) is 0 Å². The minimum atomic E-state index is -0.727. The first-order valence-electron chi connectivity index (χ1n) is 5.90. The summed E-state index contributed by atoms with van der Waals surface area (Å²) in [5, 5.41) is 0. The van der Waals surface area contributed by atoms with E-state index in [1.807, 2.05) is 0 Å². The Hall–Kier alpha value is -1.30. The van der Waals surface area contributed by atoms with Crippen LogP contribution in [0.2, 0.25) is 0 Å². The molecule has 0 radical (unpaired) electrons. The van der Waals surface area contributed by atoms with Crippen LogP contribution in [0.25, 0.3) is 0 Å². The van der Waals surface area contributed by atoms with Gasteiger partial charge in [0.25, 0.3) is 0 Å². The average Bonchev–Trinajstić information content (AvgIpc) is 2.69. The molecule has 1 amide bonds. The minimum absolute atomic E-state index is 0.343. The van der Waals surface area contributed by atoms with Crippen molar-refractivity contribution < 1.29 is 23.8 Å². The maximum atomic E-state index is 12.0. The molecule has 0 saturated carbocycles. The van der Waals surface area contributed by atoms with E-state index in [1.165, 1.54) is 19.1 Å². The lowest BCUT2D eigenvalue weighted by Gasteiger charge is -2.28. The number of rotatable bonds is 2. The normalized spacial score (nSPS) is 23.9. The second-order valence-corrected chi connectivity index (χ2v) is 5.20. The summed E-state index contributed by atoms with van der Waals surface area (Å²) in [4.78, 5) is 25.1. The summed E-state index contributed by atoms with van der Waals surface area (Å²) in [6, 6.07) is -0.727. The monoisotopic (exact) mass is 259 g/mol. The summed E-state index contributed by atoms with van der Waals surface area (Å²) in [5.74, 6) is -0.481. The van der Waals surface area contributed by atoms with E-state index in [0.717, 1.165) is 0 Å². The van der Waals surface area contributed by atoms with Crippen molar-refractivity contribution in [1.82, 2.24) is 4.90 Å². The predicted molar refractivity (Wildman–Crippen MR) is 64.2 cm³/mol. The standard InChI is InChI=1S/C12H21NO5/c1-12(2,3)18-11(15)13-7-6-8(16-4)9(13)10(14)17-5/h8-9H,6-7H2,1-5H3/t8?,9-/m0/s1. The maximum absolute atomic E-state index is 12.0. The third-order valence-electron chi connectivity index (χ3n) is 2.72. The Kier molecular flexibility index (Phi) is 4.56. The molecule has 1 aliphatic rings. The summed E-state index contributed by atoms with van der Waals surface area (Å²) < 4.78 is 15.2. The fourth-order valence-corrected chi connectivity index (χ4v) is 1.94. The third kappa shape index (κ3) is 3.35. The van der Waals surface area contributed by atoms with Gasteiger partial charge in [-0.05, 0) is 27.2 Å². The van der Waals surface area contributed by atoms with E-state index in [4.69, 9.17) is 14.2 Å². The van der Waals surface area contributed by atoms with E-state index in [0.29, 0.717) is 13.0 Å². The number of nitrogens with zero attached hydrogens (tertiary/aromatic N) is 1. The predicted octanol–water partition coefficient (Wildman–Crippen LogP) is 1.18. The number of methoxy groups -OCH3 is 2. The summed E-state index contributed by atoms with van der Waals surface area (Å²) in [5.41, 5.74) is -0.594. The minimum Gasteiger partial charge on any atom is -0.467 e. The summed E-state index contributed by atoms with van der Waals surface area (Å²) >= 11 is 0. The van der Waals surface area contributed by atoms with Gasteiger partial charge in [0, 0.05) is 13.7 Å². The first kappa shape index (κ1) is 14.8. The lowest BCUT2D eigenvalue weighted by Crippen LogP contribution is -2.47. The first-order chi connectivity index (χ1) is 8.30. The van der Waals surface area contributed by atoms with Crippen LogP contribution in [-0.4, -0.2) is 55.5 Å². The van der Waals surface area contributed by atoms with Crippen molar-refractivity contribution in [1.29, 1.82) is 0 Å². The van der Waals surface area contributed by atoms with E-state index in [2.05, 4.69) is 0 Å².